The van der Waals surface area contributed by atoms with E-state index in [1.807, 2.05) is 6.07 Å². The average Bonchev–Trinajstić information content (AvgIpc) is 2.18. The van der Waals surface area contributed by atoms with Crippen LogP contribution in [0.1, 0.15) is 11.1 Å². The van der Waals surface area contributed by atoms with Gasteiger partial charge in [0.25, 0.3) is 0 Å². The molecule has 0 heterocycles. The summed E-state index contributed by atoms with van der Waals surface area (Å²) in [6.07, 6.45) is 0.735. The Morgan fingerprint density at radius 3 is 2.85 bits per heavy atom. The molecule has 0 aliphatic rings. The van der Waals surface area contributed by atoms with E-state index in [1.54, 1.807) is 19.2 Å². The van der Waals surface area contributed by atoms with Gasteiger partial charge in [-0.25, -0.2) is 0 Å². The molecule has 0 amide bonds. The summed E-state index contributed by atoms with van der Waals surface area (Å²) < 4.78 is 5.13. The van der Waals surface area contributed by atoms with E-state index < -0.39 is 0 Å². The maximum Gasteiger partial charge on any atom is 0.122 e. The van der Waals surface area contributed by atoms with Crippen molar-refractivity contribution in [2.24, 2.45) is 5.73 Å². The lowest BCUT2D eigenvalue weighted by Gasteiger charge is -2.06. The van der Waals surface area contributed by atoms with Crippen LogP contribution in [0.4, 0.5) is 0 Å². The Balaban J connectivity index is 3.04. The molecule has 0 aromatic heterocycles. The largest absolute Gasteiger partial charge is 0.496 e. The zero-order valence-corrected chi connectivity index (χ0v) is 7.58. The molecule has 3 heteroatoms. The number of ether oxygens (including phenoxy) is 1. The van der Waals surface area contributed by atoms with Gasteiger partial charge >= 0.3 is 0 Å². The van der Waals surface area contributed by atoms with E-state index in [0.29, 0.717) is 12.1 Å². The van der Waals surface area contributed by atoms with Crippen molar-refractivity contribution in [2.45, 2.75) is 6.42 Å². The summed E-state index contributed by atoms with van der Waals surface area (Å²) in [7, 11) is 1.61. The van der Waals surface area contributed by atoms with E-state index in [0.717, 1.165) is 17.7 Å². The smallest absolute Gasteiger partial charge is 0.122 e. The SMILES string of the molecule is COc1ccc(C#N)cc1CCN. The molecular formula is C10H12N2O. The second-order valence-corrected chi connectivity index (χ2v) is 2.68. The first-order valence-corrected chi connectivity index (χ1v) is 4.09. The van der Waals surface area contributed by atoms with Gasteiger partial charge in [0.05, 0.1) is 18.7 Å². The van der Waals surface area contributed by atoms with Gasteiger partial charge in [0, 0.05) is 0 Å². The van der Waals surface area contributed by atoms with Crippen molar-refractivity contribution in [3.63, 3.8) is 0 Å². The van der Waals surface area contributed by atoms with Gasteiger partial charge in [0.1, 0.15) is 5.75 Å². The second kappa shape index (κ2) is 4.48. The van der Waals surface area contributed by atoms with Crippen LogP contribution in [-0.4, -0.2) is 13.7 Å². The molecule has 0 aliphatic carbocycles. The predicted molar refractivity (Wildman–Crippen MR) is 50.5 cm³/mol. The molecule has 0 unspecified atom stereocenters. The molecule has 0 saturated carbocycles. The molecule has 0 bridgehead atoms. The molecule has 1 aromatic rings. The second-order valence-electron chi connectivity index (χ2n) is 2.68. The topological polar surface area (TPSA) is 59.0 Å². The molecule has 0 aliphatic heterocycles. The van der Waals surface area contributed by atoms with Crippen molar-refractivity contribution in [3.8, 4) is 11.8 Å². The monoisotopic (exact) mass is 176 g/mol. The lowest BCUT2D eigenvalue weighted by atomic mass is 10.1. The van der Waals surface area contributed by atoms with E-state index in [2.05, 4.69) is 6.07 Å². The highest BCUT2D eigenvalue weighted by Gasteiger charge is 2.02. The minimum absolute atomic E-state index is 0.561. The average molecular weight is 176 g/mol. The zero-order chi connectivity index (χ0) is 9.68. The summed E-state index contributed by atoms with van der Waals surface area (Å²) in [5.41, 5.74) is 7.07. The van der Waals surface area contributed by atoms with Gasteiger partial charge in [-0.05, 0) is 36.7 Å². The Labute approximate surface area is 77.7 Å². The van der Waals surface area contributed by atoms with Gasteiger partial charge in [-0.1, -0.05) is 0 Å². The number of nitrogens with zero attached hydrogens (tertiary/aromatic N) is 1. The molecule has 68 valence electrons. The lowest BCUT2D eigenvalue weighted by molar-refractivity contribution is 0.409. The third-order valence-electron chi connectivity index (χ3n) is 1.82. The first-order valence-electron chi connectivity index (χ1n) is 4.09. The van der Waals surface area contributed by atoms with Gasteiger partial charge in [-0.2, -0.15) is 5.26 Å². The third-order valence-corrected chi connectivity index (χ3v) is 1.82. The zero-order valence-electron chi connectivity index (χ0n) is 7.58. The summed E-state index contributed by atoms with van der Waals surface area (Å²) in [5, 5.41) is 8.67. The van der Waals surface area contributed by atoms with Crippen LogP contribution in [0.25, 0.3) is 0 Å². The summed E-state index contributed by atoms with van der Waals surface area (Å²) in [4.78, 5) is 0. The van der Waals surface area contributed by atoms with Crippen LogP contribution in [-0.2, 0) is 6.42 Å². The molecule has 2 N–H and O–H groups in total. The van der Waals surface area contributed by atoms with Crippen molar-refractivity contribution in [1.29, 1.82) is 5.26 Å². The van der Waals surface area contributed by atoms with Crippen LogP contribution in [0.2, 0.25) is 0 Å². The number of hydrogen-bond donors (Lipinski definition) is 1. The molecule has 3 nitrogen and oxygen atoms in total. The maximum atomic E-state index is 8.67. The molecule has 0 spiro atoms. The van der Waals surface area contributed by atoms with Gasteiger partial charge in [0.2, 0.25) is 0 Å². The molecule has 0 atom stereocenters. The van der Waals surface area contributed by atoms with Crippen molar-refractivity contribution < 1.29 is 4.74 Å². The van der Waals surface area contributed by atoms with Crippen molar-refractivity contribution in [2.75, 3.05) is 13.7 Å². The minimum Gasteiger partial charge on any atom is -0.496 e. The summed E-state index contributed by atoms with van der Waals surface area (Å²) in [6, 6.07) is 7.42. The van der Waals surface area contributed by atoms with Crippen molar-refractivity contribution in [3.05, 3.63) is 29.3 Å². The summed E-state index contributed by atoms with van der Waals surface area (Å²) in [5.74, 6) is 0.796. The van der Waals surface area contributed by atoms with Crippen LogP contribution in [0.3, 0.4) is 0 Å². The van der Waals surface area contributed by atoms with Crippen LogP contribution in [0, 0.1) is 11.3 Å². The fourth-order valence-corrected chi connectivity index (χ4v) is 1.20. The molecule has 13 heavy (non-hydrogen) atoms. The quantitative estimate of drug-likeness (QED) is 0.749. The minimum atomic E-state index is 0.561. The van der Waals surface area contributed by atoms with Gasteiger partial charge in [0.15, 0.2) is 0 Å². The highest BCUT2D eigenvalue weighted by molar-refractivity contribution is 5.42. The Bertz CT molecular complexity index is 328. The van der Waals surface area contributed by atoms with E-state index in [-0.39, 0.29) is 0 Å². The molecule has 1 rings (SSSR count). The lowest BCUT2D eigenvalue weighted by Crippen LogP contribution is -2.04. The molecule has 0 saturated heterocycles. The number of nitriles is 1. The highest BCUT2D eigenvalue weighted by Crippen LogP contribution is 2.19. The van der Waals surface area contributed by atoms with Crippen molar-refractivity contribution >= 4 is 0 Å². The Hall–Kier alpha value is -1.53. The van der Waals surface area contributed by atoms with E-state index in [1.165, 1.54) is 0 Å². The number of methoxy groups -OCH3 is 1. The fraction of sp³-hybridized carbons (Fsp3) is 0.300. The summed E-state index contributed by atoms with van der Waals surface area (Å²) >= 11 is 0. The van der Waals surface area contributed by atoms with Gasteiger partial charge in [-0.15, -0.1) is 0 Å². The molecule has 0 radical (unpaired) electrons. The predicted octanol–water partition coefficient (Wildman–Crippen LogP) is 1.07. The van der Waals surface area contributed by atoms with E-state index >= 15 is 0 Å². The van der Waals surface area contributed by atoms with Crippen molar-refractivity contribution in [1.82, 2.24) is 0 Å². The van der Waals surface area contributed by atoms with E-state index in [9.17, 15) is 0 Å². The highest BCUT2D eigenvalue weighted by atomic mass is 16.5. The van der Waals surface area contributed by atoms with Crippen LogP contribution < -0.4 is 10.5 Å². The van der Waals surface area contributed by atoms with E-state index in [4.69, 9.17) is 15.7 Å². The first-order chi connectivity index (χ1) is 6.31. The standard InChI is InChI=1S/C10H12N2O/c1-13-10-3-2-8(7-12)6-9(10)4-5-11/h2-3,6H,4-5,11H2,1H3. The number of hydrogen-bond acceptors (Lipinski definition) is 3. The Kier molecular flexibility index (Phi) is 3.30. The third kappa shape index (κ3) is 2.20. The van der Waals surface area contributed by atoms with Crippen LogP contribution >= 0.6 is 0 Å². The molecule has 1 aromatic carbocycles. The van der Waals surface area contributed by atoms with Gasteiger partial charge in [-0.3, -0.25) is 0 Å². The fourth-order valence-electron chi connectivity index (χ4n) is 1.20. The van der Waals surface area contributed by atoms with Crippen LogP contribution in [0.5, 0.6) is 5.75 Å². The molecule has 0 fully saturated rings. The number of benzene rings is 1. The first kappa shape index (κ1) is 9.56. The van der Waals surface area contributed by atoms with Gasteiger partial charge < -0.3 is 10.5 Å². The van der Waals surface area contributed by atoms with Crippen LogP contribution in [0.15, 0.2) is 18.2 Å². The molecular weight excluding hydrogens is 164 g/mol. The maximum absolute atomic E-state index is 8.67. The normalized spacial score (nSPS) is 9.31. The Morgan fingerprint density at radius 1 is 1.54 bits per heavy atom. The Morgan fingerprint density at radius 2 is 2.31 bits per heavy atom. The number of nitrogens with two attached hydrogens (primary N) is 1. The number of rotatable bonds is 3. The summed E-state index contributed by atoms with van der Waals surface area (Å²) in [6.45, 7) is 0.561.